The topological polar surface area (TPSA) is 107 Å². The van der Waals surface area contributed by atoms with Gasteiger partial charge in [-0.15, -0.1) is 0 Å². The number of benzene rings is 1. The highest BCUT2D eigenvalue weighted by Crippen LogP contribution is 2.31. The van der Waals surface area contributed by atoms with Crippen LogP contribution in [0.15, 0.2) is 23.1 Å². The van der Waals surface area contributed by atoms with Crippen LogP contribution in [0.2, 0.25) is 0 Å². The Labute approximate surface area is 124 Å². The Kier molecular flexibility index (Phi) is 5.51. The summed E-state index contributed by atoms with van der Waals surface area (Å²) < 4.78 is 63.5. The molecule has 2 N–H and O–H groups in total. The quantitative estimate of drug-likeness (QED) is 0.769. The van der Waals surface area contributed by atoms with E-state index < -0.39 is 38.2 Å². The molecule has 0 saturated heterocycles. The van der Waals surface area contributed by atoms with Gasteiger partial charge in [-0.25, -0.2) is 13.1 Å². The number of nitriles is 1. The largest absolute Gasteiger partial charge is 0.481 e. The Morgan fingerprint density at radius 2 is 2.00 bits per heavy atom. The minimum absolute atomic E-state index is 0.0110. The zero-order valence-electron chi connectivity index (χ0n) is 11.0. The second-order valence-electron chi connectivity index (χ2n) is 4.22. The summed E-state index contributed by atoms with van der Waals surface area (Å²) in [6.07, 6.45) is -4.94. The molecule has 0 aliphatic heterocycles. The summed E-state index contributed by atoms with van der Waals surface area (Å²) in [6.45, 7) is -0.208. The van der Waals surface area contributed by atoms with Gasteiger partial charge in [0.1, 0.15) is 6.07 Å². The van der Waals surface area contributed by atoms with Crippen molar-refractivity contribution >= 4 is 16.0 Å². The number of aliphatic carboxylic acids is 1. The molecule has 0 spiro atoms. The first kappa shape index (κ1) is 17.9. The molecule has 6 nitrogen and oxygen atoms in total. The Bertz CT molecular complexity index is 708. The summed E-state index contributed by atoms with van der Waals surface area (Å²) in [4.78, 5) is 9.71. The Morgan fingerprint density at radius 1 is 1.36 bits per heavy atom. The molecule has 1 aromatic rings. The highest BCUT2D eigenvalue weighted by atomic mass is 32.2. The summed E-state index contributed by atoms with van der Waals surface area (Å²) in [7, 11) is -4.20. The van der Waals surface area contributed by atoms with Crippen LogP contribution in [0.25, 0.3) is 0 Å². The lowest BCUT2D eigenvalue weighted by molar-refractivity contribution is -0.138. The van der Waals surface area contributed by atoms with E-state index in [0.717, 1.165) is 0 Å². The number of hydrogen-bond acceptors (Lipinski definition) is 4. The van der Waals surface area contributed by atoms with E-state index in [0.29, 0.717) is 18.2 Å². The first-order chi connectivity index (χ1) is 10.1. The fourth-order valence-corrected chi connectivity index (χ4v) is 2.76. The highest BCUT2D eigenvalue weighted by Gasteiger charge is 2.32. The molecule has 0 aliphatic carbocycles. The Morgan fingerprint density at radius 3 is 2.50 bits per heavy atom. The minimum Gasteiger partial charge on any atom is -0.481 e. The molecule has 22 heavy (non-hydrogen) atoms. The van der Waals surface area contributed by atoms with Gasteiger partial charge in [-0.05, 0) is 24.6 Å². The molecule has 0 saturated carbocycles. The molecule has 120 valence electrons. The molecular weight excluding hydrogens is 325 g/mol. The molecule has 0 heterocycles. The molecular formula is C12H11F3N2O4S. The predicted octanol–water partition coefficient (Wildman–Crippen LogP) is 1.72. The molecule has 0 aliphatic rings. The molecule has 1 aromatic carbocycles. The molecule has 0 radical (unpaired) electrons. The van der Waals surface area contributed by atoms with E-state index in [4.69, 9.17) is 10.4 Å². The zero-order valence-corrected chi connectivity index (χ0v) is 11.8. The van der Waals surface area contributed by atoms with Crippen LogP contribution in [0, 0.1) is 11.3 Å². The molecule has 0 bridgehead atoms. The monoisotopic (exact) mass is 336 g/mol. The van der Waals surface area contributed by atoms with Crippen molar-refractivity contribution < 1.29 is 31.5 Å². The maximum Gasteiger partial charge on any atom is 0.416 e. The van der Waals surface area contributed by atoms with Crippen LogP contribution in [-0.4, -0.2) is 26.0 Å². The van der Waals surface area contributed by atoms with Crippen LogP contribution in [0.5, 0.6) is 0 Å². The number of carboxylic acid groups (broad SMARTS) is 1. The summed E-state index contributed by atoms with van der Waals surface area (Å²) >= 11 is 0. The van der Waals surface area contributed by atoms with Crippen LogP contribution < -0.4 is 4.72 Å². The fourth-order valence-electron chi connectivity index (χ4n) is 1.55. The van der Waals surface area contributed by atoms with Gasteiger partial charge < -0.3 is 5.11 Å². The van der Waals surface area contributed by atoms with Gasteiger partial charge >= 0.3 is 12.1 Å². The Balaban J connectivity index is 3.00. The smallest absolute Gasteiger partial charge is 0.416 e. The van der Waals surface area contributed by atoms with Crippen molar-refractivity contribution in [3.8, 4) is 6.07 Å². The van der Waals surface area contributed by atoms with E-state index in [1.165, 1.54) is 6.07 Å². The first-order valence-electron chi connectivity index (χ1n) is 5.91. The van der Waals surface area contributed by atoms with Crippen molar-refractivity contribution in [2.45, 2.75) is 23.9 Å². The number of sulfonamides is 1. The van der Waals surface area contributed by atoms with Crippen molar-refractivity contribution in [3.63, 3.8) is 0 Å². The number of nitrogens with zero attached hydrogens (tertiary/aromatic N) is 1. The van der Waals surface area contributed by atoms with Crippen molar-refractivity contribution in [1.82, 2.24) is 4.72 Å². The molecule has 0 unspecified atom stereocenters. The summed E-state index contributed by atoms with van der Waals surface area (Å²) in [6, 6.07) is 3.12. The second kappa shape index (κ2) is 6.76. The van der Waals surface area contributed by atoms with E-state index in [2.05, 4.69) is 0 Å². The lowest BCUT2D eigenvalue weighted by atomic mass is 10.1. The highest BCUT2D eigenvalue weighted by molar-refractivity contribution is 7.89. The number of carboxylic acids is 1. The SMILES string of the molecule is N#Cc1cc(C(F)(F)F)ccc1S(=O)(=O)NCCCC(=O)O. The van der Waals surface area contributed by atoms with Crippen LogP contribution in [0.4, 0.5) is 13.2 Å². The van der Waals surface area contributed by atoms with E-state index >= 15 is 0 Å². The van der Waals surface area contributed by atoms with E-state index in [-0.39, 0.29) is 19.4 Å². The molecule has 0 atom stereocenters. The van der Waals surface area contributed by atoms with Crippen LogP contribution in [-0.2, 0) is 21.0 Å². The zero-order chi connectivity index (χ0) is 17.0. The molecule has 0 fully saturated rings. The first-order valence-corrected chi connectivity index (χ1v) is 7.39. The van der Waals surface area contributed by atoms with Gasteiger partial charge in [-0.2, -0.15) is 18.4 Å². The average Bonchev–Trinajstić information content (AvgIpc) is 2.41. The van der Waals surface area contributed by atoms with Gasteiger partial charge in [0.15, 0.2) is 0 Å². The van der Waals surface area contributed by atoms with Gasteiger partial charge in [-0.1, -0.05) is 0 Å². The predicted molar refractivity (Wildman–Crippen MR) is 68.2 cm³/mol. The lowest BCUT2D eigenvalue weighted by Crippen LogP contribution is -2.26. The van der Waals surface area contributed by atoms with Crippen molar-refractivity contribution in [2.24, 2.45) is 0 Å². The number of nitrogens with one attached hydrogen (secondary N) is 1. The number of rotatable bonds is 6. The van der Waals surface area contributed by atoms with Gasteiger partial charge in [0, 0.05) is 13.0 Å². The van der Waals surface area contributed by atoms with Crippen molar-refractivity contribution in [2.75, 3.05) is 6.54 Å². The molecule has 0 amide bonds. The van der Waals surface area contributed by atoms with Crippen LogP contribution >= 0.6 is 0 Å². The fraction of sp³-hybridized carbons (Fsp3) is 0.333. The van der Waals surface area contributed by atoms with E-state index in [1.807, 2.05) is 4.72 Å². The van der Waals surface area contributed by atoms with E-state index in [9.17, 15) is 26.4 Å². The normalized spacial score (nSPS) is 11.9. The third kappa shape index (κ3) is 4.71. The lowest BCUT2D eigenvalue weighted by Gasteiger charge is -2.11. The number of hydrogen-bond donors (Lipinski definition) is 2. The number of halogens is 3. The van der Waals surface area contributed by atoms with Gasteiger partial charge in [0.05, 0.1) is 16.0 Å². The van der Waals surface area contributed by atoms with Crippen molar-refractivity contribution in [1.29, 1.82) is 5.26 Å². The third-order valence-electron chi connectivity index (χ3n) is 2.58. The van der Waals surface area contributed by atoms with Crippen LogP contribution in [0.3, 0.4) is 0 Å². The van der Waals surface area contributed by atoms with Gasteiger partial charge in [0.25, 0.3) is 0 Å². The maximum absolute atomic E-state index is 12.5. The average molecular weight is 336 g/mol. The van der Waals surface area contributed by atoms with Crippen LogP contribution in [0.1, 0.15) is 24.0 Å². The second-order valence-corrected chi connectivity index (χ2v) is 5.95. The summed E-state index contributed by atoms with van der Waals surface area (Å²) in [5.41, 5.74) is -1.77. The number of alkyl halides is 3. The van der Waals surface area contributed by atoms with Gasteiger partial charge in [0.2, 0.25) is 10.0 Å². The maximum atomic E-state index is 12.5. The molecule has 1 rings (SSSR count). The Hall–Kier alpha value is -2.12. The van der Waals surface area contributed by atoms with E-state index in [1.54, 1.807) is 0 Å². The summed E-state index contributed by atoms with van der Waals surface area (Å²) in [5.74, 6) is -1.11. The van der Waals surface area contributed by atoms with Crippen molar-refractivity contribution in [3.05, 3.63) is 29.3 Å². The number of carbonyl (C=O) groups is 1. The molecule has 10 heteroatoms. The summed E-state index contributed by atoms with van der Waals surface area (Å²) in [5, 5.41) is 17.3. The van der Waals surface area contributed by atoms with Gasteiger partial charge in [-0.3, -0.25) is 4.79 Å². The standard InChI is InChI=1S/C12H11F3N2O4S/c13-12(14,15)9-3-4-10(8(6-9)7-16)22(20,21)17-5-1-2-11(18)19/h3-4,6,17H,1-2,5H2,(H,18,19). The minimum atomic E-state index is -4.69. The molecule has 0 aromatic heterocycles. The third-order valence-corrected chi connectivity index (χ3v) is 4.10.